The summed E-state index contributed by atoms with van der Waals surface area (Å²) in [5, 5.41) is 32.9. The van der Waals surface area contributed by atoms with Gasteiger partial charge in [-0.2, -0.15) is 0 Å². The minimum Gasteiger partial charge on any atom is -1.00 e. The number of carboxylic acids is 1. The van der Waals surface area contributed by atoms with Crippen molar-refractivity contribution in [3.8, 4) is 5.75 Å². The monoisotopic (exact) mass is 513 g/mol. The van der Waals surface area contributed by atoms with Gasteiger partial charge in [0.25, 0.3) is 0 Å². The molecule has 3 aromatic rings. The van der Waals surface area contributed by atoms with Gasteiger partial charge in [0.15, 0.2) is 0 Å². The van der Waals surface area contributed by atoms with E-state index in [1.165, 1.54) is 18.2 Å². The molecule has 0 amide bonds. The number of aliphatic hydroxyl groups excluding tert-OH is 1. The first-order valence-corrected chi connectivity index (χ1v) is 12.0. The number of rotatable bonds is 9. The zero-order valence-corrected chi connectivity index (χ0v) is 22.3. The maximum atomic E-state index is 12.9. The molecule has 0 heterocycles. The van der Waals surface area contributed by atoms with Gasteiger partial charge in [-0.05, 0) is 66.9 Å². The molecule has 0 spiro atoms. The molecule has 7 nitrogen and oxygen atoms in total. The number of carboxylic acid groups (broad SMARTS) is 1. The molecule has 176 valence electrons. The molecule has 0 aliphatic carbocycles. The fraction of sp³-hybridized carbons (Fsp3) is 0.208. The normalized spacial score (nSPS) is 13.0. The van der Waals surface area contributed by atoms with Crippen LogP contribution in [0.15, 0.2) is 76.5 Å². The van der Waals surface area contributed by atoms with Gasteiger partial charge in [0.2, 0.25) is 9.84 Å². The minimum atomic E-state index is -3.95. The Morgan fingerprint density at radius 2 is 1.71 bits per heavy atom. The summed E-state index contributed by atoms with van der Waals surface area (Å²) < 4.78 is 25.7. The van der Waals surface area contributed by atoms with Crippen LogP contribution in [0.5, 0.6) is 5.75 Å². The number of carbonyl (C=O) groups is 1. The molecule has 3 aromatic carbocycles. The predicted molar refractivity (Wildman–Crippen MR) is 126 cm³/mol. The third-order valence-electron chi connectivity index (χ3n) is 5.18. The second-order valence-corrected chi connectivity index (χ2v) is 10.1. The minimum absolute atomic E-state index is 0. The molecule has 2 atom stereocenters. The van der Waals surface area contributed by atoms with Crippen molar-refractivity contribution in [2.45, 2.75) is 35.3 Å². The molecule has 0 unspecified atom stereocenters. The Bertz CT molecular complexity index is 1260. The van der Waals surface area contributed by atoms with E-state index in [-0.39, 0.29) is 46.8 Å². The van der Waals surface area contributed by atoms with E-state index >= 15 is 0 Å². The molecule has 0 fully saturated rings. The van der Waals surface area contributed by atoms with Crippen LogP contribution >= 0.6 is 11.6 Å². The molecule has 3 rings (SSSR count). The molecule has 10 heteroatoms. The zero-order chi connectivity index (χ0) is 24.2. The third kappa shape index (κ3) is 7.05. The molecule has 0 aliphatic rings. The van der Waals surface area contributed by atoms with Crippen molar-refractivity contribution in [1.29, 1.82) is 0 Å². The number of hydrogen-bond acceptors (Lipinski definition) is 6. The first-order chi connectivity index (χ1) is 15.6. The van der Waals surface area contributed by atoms with Crippen LogP contribution < -0.4 is 34.9 Å². The van der Waals surface area contributed by atoms with E-state index in [1.807, 2.05) is 6.92 Å². The van der Waals surface area contributed by atoms with Crippen molar-refractivity contribution in [2.75, 3.05) is 6.54 Å². The van der Waals surface area contributed by atoms with Crippen molar-refractivity contribution >= 4 is 27.4 Å². The molecule has 0 saturated carbocycles. The number of aromatic hydroxyl groups is 1. The van der Waals surface area contributed by atoms with Crippen molar-refractivity contribution in [3.05, 3.63) is 88.4 Å². The van der Waals surface area contributed by atoms with Crippen LogP contribution in [0.3, 0.4) is 0 Å². The molecular weight excluding hydrogens is 489 g/mol. The van der Waals surface area contributed by atoms with E-state index < -0.39 is 33.2 Å². The molecular formula is C24H25ClNNaO6S. The summed E-state index contributed by atoms with van der Waals surface area (Å²) >= 11 is 5.96. The smallest absolute Gasteiger partial charge is 1.00 e. The number of phenols is 1. The van der Waals surface area contributed by atoms with Gasteiger partial charge in [-0.15, -0.1) is 0 Å². The standard InChI is InChI=1S/C24H24ClNO6S.Na.H/c1-15(26-14-23(28)17-3-2-4-18(25)12-17)11-16-5-7-19(8-6-16)33(31,32)20-9-10-22(27)21(13-20)24(29)30;;/h2-10,12-13,15,23,26-28H,11,14H2,1H3,(H,29,30);;/q;+1;-1/t15-,23-;;/m1../s1. The van der Waals surface area contributed by atoms with Gasteiger partial charge in [0.1, 0.15) is 11.3 Å². The number of aromatic carboxylic acids is 1. The zero-order valence-electron chi connectivity index (χ0n) is 19.8. The van der Waals surface area contributed by atoms with Crippen LogP contribution in [0.25, 0.3) is 0 Å². The van der Waals surface area contributed by atoms with Crippen LogP contribution in [0.1, 0.15) is 35.9 Å². The Morgan fingerprint density at radius 3 is 2.32 bits per heavy atom. The summed E-state index contributed by atoms with van der Waals surface area (Å²) in [5.74, 6) is -1.92. The predicted octanol–water partition coefficient (Wildman–Crippen LogP) is 0.947. The van der Waals surface area contributed by atoms with Crippen molar-refractivity contribution < 1.29 is 59.5 Å². The first kappa shape index (κ1) is 28.3. The Balaban J connectivity index is 0.00000306. The van der Waals surface area contributed by atoms with Gasteiger partial charge in [-0.3, -0.25) is 0 Å². The average molecular weight is 514 g/mol. The summed E-state index contributed by atoms with van der Waals surface area (Å²) in [7, 11) is -3.95. The van der Waals surface area contributed by atoms with Crippen LogP contribution in [-0.4, -0.2) is 42.3 Å². The second-order valence-electron chi connectivity index (χ2n) is 7.72. The summed E-state index contributed by atoms with van der Waals surface area (Å²) in [4.78, 5) is 11.0. The number of benzene rings is 3. The van der Waals surface area contributed by atoms with Crippen LogP contribution in [0.2, 0.25) is 5.02 Å². The van der Waals surface area contributed by atoms with Crippen molar-refractivity contribution in [3.63, 3.8) is 0 Å². The molecule has 0 bridgehead atoms. The Labute approximate surface area is 227 Å². The average Bonchev–Trinajstić information content (AvgIpc) is 2.77. The van der Waals surface area contributed by atoms with E-state index in [9.17, 15) is 23.4 Å². The van der Waals surface area contributed by atoms with Gasteiger partial charge < -0.3 is 22.1 Å². The topological polar surface area (TPSA) is 124 Å². The van der Waals surface area contributed by atoms with Gasteiger partial charge in [-0.1, -0.05) is 35.9 Å². The van der Waals surface area contributed by atoms with Crippen LogP contribution in [-0.2, 0) is 16.3 Å². The molecule has 0 saturated heterocycles. The van der Waals surface area contributed by atoms with E-state index in [0.29, 0.717) is 18.0 Å². The van der Waals surface area contributed by atoms with E-state index in [0.717, 1.165) is 23.3 Å². The van der Waals surface area contributed by atoms with Crippen molar-refractivity contribution in [1.82, 2.24) is 5.32 Å². The van der Waals surface area contributed by atoms with Gasteiger partial charge in [0, 0.05) is 17.6 Å². The molecule has 0 aromatic heterocycles. The fourth-order valence-electron chi connectivity index (χ4n) is 3.36. The fourth-order valence-corrected chi connectivity index (χ4v) is 4.85. The first-order valence-electron chi connectivity index (χ1n) is 10.1. The summed E-state index contributed by atoms with van der Waals surface area (Å²) in [6, 6.07) is 16.5. The summed E-state index contributed by atoms with van der Waals surface area (Å²) in [5.41, 5.74) is 1.13. The number of hydrogen-bond donors (Lipinski definition) is 4. The SMILES string of the molecule is C[C@H](Cc1ccc(S(=O)(=O)c2ccc(O)c(C(=O)O)c2)cc1)NC[C@@H](O)c1cccc(Cl)c1.[H-].[Na+]. The Hall–Kier alpha value is -1.91. The van der Waals surface area contributed by atoms with Gasteiger partial charge >= 0.3 is 35.5 Å². The molecule has 34 heavy (non-hydrogen) atoms. The van der Waals surface area contributed by atoms with E-state index in [2.05, 4.69) is 5.32 Å². The summed E-state index contributed by atoms with van der Waals surface area (Å²) in [6.45, 7) is 2.29. The van der Waals surface area contributed by atoms with Crippen molar-refractivity contribution in [2.24, 2.45) is 0 Å². The Kier molecular flexibility index (Phi) is 10.1. The molecule has 0 aliphatic heterocycles. The largest absolute Gasteiger partial charge is 1.00 e. The van der Waals surface area contributed by atoms with Gasteiger partial charge in [-0.25, -0.2) is 13.2 Å². The van der Waals surface area contributed by atoms with E-state index in [4.69, 9.17) is 16.7 Å². The molecule has 0 radical (unpaired) electrons. The number of halogens is 1. The number of nitrogens with one attached hydrogen (secondary N) is 1. The second kappa shape index (κ2) is 12.2. The van der Waals surface area contributed by atoms with E-state index in [1.54, 1.807) is 36.4 Å². The molecule has 4 N–H and O–H groups in total. The third-order valence-corrected chi connectivity index (χ3v) is 7.18. The van der Waals surface area contributed by atoms with Crippen LogP contribution in [0, 0.1) is 0 Å². The van der Waals surface area contributed by atoms with Crippen LogP contribution in [0.4, 0.5) is 0 Å². The maximum absolute atomic E-state index is 12.9. The number of sulfone groups is 1. The maximum Gasteiger partial charge on any atom is 1.00 e. The van der Waals surface area contributed by atoms with Gasteiger partial charge in [0.05, 0.1) is 15.9 Å². The Morgan fingerprint density at radius 1 is 1.06 bits per heavy atom. The quantitative estimate of drug-likeness (QED) is 0.314. The summed E-state index contributed by atoms with van der Waals surface area (Å²) in [6.07, 6.45) is -0.106. The number of aliphatic hydroxyl groups is 1.